The van der Waals surface area contributed by atoms with Crippen LogP contribution in [0.2, 0.25) is 10.0 Å². The van der Waals surface area contributed by atoms with Crippen LogP contribution < -0.4 is 14.8 Å². The number of benzene rings is 4. The Bertz CT molecular complexity index is 1800. The van der Waals surface area contributed by atoms with Crippen LogP contribution in [0.3, 0.4) is 0 Å². The number of hydrogen-bond donors (Lipinski definition) is 2. The number of halogens is 2. The first-order valence-electron chi connectivity index (χ1n) is 14.3. The molecule has 1 amide bonds. The molecule has 5 aromatic rings. The lowest BCUT2D eigenvalue weighted by molar-refractivity contribution is -0.121. The Labute approximate surface area is 271 Å². The average molecular weight is 645 g/mol. The molecule has 0 aliphatic rings. The third kappa shape index (κ3) is 8.03. The number of rotatable bonds is 12. The van der Waals surface area contributed by atoms with Gasteiger partial charge in [-0.15, -0.1) is 0 Å². The largest absolute Gasteiger partial charge is 0.497 e. The molecule has 0 aliphatic carbocycles. The maximum absolute atomic E-state index is 13.4. The lowest BCUT2D eigenvalue weighted by Gasteiger charge is -2.20. The van der Waals surface area contributed by atoms with Crippen LogP contribution in [0.15, 0.2) is 97.2 Å². The summed E-state index contributed by atoms with van der Waals surface area (Å²) in [5.74, 6) is 1.33. The number of carbonyl (C=O) groups is 2. The van der Waals surface area contributed by atoms with E-state index in [0.717, 1.165) is 16.7 Å². The first kappa shape index (κ1) is 31.6. The topological polar surface area (TPSA) is 103 Å². The molecule has 0 saturated carbocycles. The predicted octanol–water partition coefficient (Wildman–Crippen LogP) is 8.02. The smallest absolute Gasteiger partial charge is 0.335 e. The van der Waals surface area contributed by atoms with Gasteiger partial charge >= 0.3 is 5.97 Å². The summed E-state index contributed by atoms with van der Waals surface area (Å²) in [4.78, 5) is 29.5. The number of imidazole rings is 1. The number of aromatic nitrogens is 2. The number of ether oxygens (including phenoxy) is 2. The zero-order valence-electron chi connectivity index (χ0n) is 24.7. The van der Waals surface area contributed by atoms with Gasteiger partial charge in [0.2, 0.25) is 5.91 Å². The van der Waals surface area contributed by atoms with E-state index in [9.17, 15) is 9.59 Å². The Kier molecular flexibility index (Phi) is 10.1. The monoisotopic (exact) mass is 643 g/mol. The fourth-order valence-electron chi connectivity index (χ4n) is 4.94. The Morgan fingerprint density at radius 3 is 2.27 bits per heavy atom. The van der Waals surface area contributed by atoms with Crippen molar-refractivity contribution in [2.75, 3.05) is 7.11 Å². The number of carboxylic acids is 1. The molecule has 4 aromatic carbocycles. The van der Waals surface area contributed by atoms with Gasteiger partial charge in [-0.25, -0.2) is 9.78 Å². The molecule has 1 aromatic heterocycles. The second-order valence-corrected chi connectivity index (χ2v) is 11.2. The van der Waals surface area contributed by atoms with Gasteiger partial charge in [0.05, 0.1) is 35.9 Å². The van der Waals surface area contributed by atoms with Crippen LogP contribution in [0.5, 0.6) is 17.2 Å². The molecule has 8 nitrogen and oxygen atoms in total. The predicted molar refractivity (Wildman–Crippen MR) is 175 cm³/mol. The SMILES string of the molecule is CCn1cc(-c2ccc(Cl)cc2Cl)nc1[C@H](Cc1ccc(Oc2ccc(C(=O)O)cc2)cc1)NC(=O)Cc1cccc(OC)c1. The fourth-order valence-corrected chi connectivity index (χ4v) is 5.44. The normalized spacial score (nSPS) is 11.6. The van der Waals surface area contributed by atoms with Gasteiger partial charge in [0.25, 0.3) is 0 Å². The third-order valence-electron chi connectivity index (χ3n) is 7.20. The zero-order chi connectivity index (χ0) is 31.9. The minimum Gasteiger partial charge on any atom is -0.497 e. The number of methoxy groups -OCH3 is 1. The van der Waals surface area contributed by atoms with Gasteiger partial charge in [-0.2, -0.15) is 0 Å². The molecule has 5 rings (SSSR count). The average Bonchev–Trinajstić information content (AvgIpc) is 3.46. The maximum atomic E-state index is 13.4. The van der Waals surface area contributed by atoms with Crippen molar-refractivity contribution in [1.29, 1.82) is 0 Å². The molecule has 2 N–H and O–H groups in total. The molecule has 0 fully saturated rings. The van der Waals surface area contributed by atoms with Crippen molar-refractivity contribution >= 4 is 35.1 Å². The second kappa shape index (κ2) is 14.3. The molecule has 0 spiro atoms. The summed E-state index contributed by atoms with van der Waals surface area (Å²) in [5, 5.41) is 13.4. The summed E-state index contributed by atoms with van der Waals surface area (Å²) < 4.78 is 13.2. The van der Waals surface area contributed by atoms with E-state index in [2.05, 4.69) is 5.32 Å². The lowest BCUT2D eigenvalue weighted by atomic mass is 10.0. The van der Waals surface area contributed by atoms with Crippen molar-refractivity contribution in [3.05, 3.63) is 130 Å². The molecule has 0 unspecified atom stereocenters. The Hall–Kier alpha value is -4.79. The molecule has 1 heterocycles. The highest BCUT2D eigenvalue weighted by molar-refractivity contribution is 6.36. The summed E-state index contributed by atoms with van der Waals surface area (Å²) in [5.41, 5.74) is 3.39. The second-order valence-electron chi connectivity index (χ2n) is 10.3. The van der Waals surface area contributed by atoms with Gasteiger partial charge in [0.1, 0.15) is 23.1 Å². The number of carbonyl (C=O) groups excluding carboxylic acids is 1. The number of aromatic carboxylic acids is 1. The van der Waals surface area contributed by atoms with E-state index in [1.165, 1.54) is 12.1 Å². The van der Waals surface area contributed by atoms with Crippen LogP contribution in [-0.2, 0) is 24.2 Å². The molecular weight excluding hydrogens is 613 g/mol. The first-order valence-corrected chi connectivity index (χ1v) is 15.0. The van der Waals surface area contributed by atoms with Crippen molar-refractivity contribution < 1.29 is 24.2 Å². The molecule has 0 saturated heterocycles. The number of aryl methyl sites for hydroxylation is 1. The minimum atomic E-state index is -0.997. The molecule has 1 atom stereocenters. The molecule has 0 radical (unpaired) electrons. The molecular formula is C35H31Cl2N3O5. The van der Waals surface area contributed by atoms with Crippen molar-refractivity contribution in [2.24, 2.45) is 0 Å². The standard InChI is InChI=1S/C35H31Cl2N3O5/c1-3-40-21-32(29-16-11-25(36)20-30(29)37)39-34(40)31(38-33(41)19-23-5-4-6-28(17-23)44-2)18-22-7-12-26(13-8-22)45-27-14-9-24(10-15-27)35(42)43/h4-17,20-21,31H,3,18-19H2,1-2H3,(H,38,41)(H,42,43)/t31-/m0/s1. The number of amides is 1. The summed E-state index contributed by atoms with van der Waals surface area (Å²) in [6.45, 7) is 2.64. The lowest BCUT2D eigenvalue weighted by Crippen LogP contribution is -2.33. The van der Waals surface area contributed by atoms with E-state index in [4.69, 9.17) is 42.8 Å². The molecule has 45 heavy (non-hydrogen) atoms. The first-order chi connectivity index (χ1) is 21.7. The van der Waals surface area contributed by atoms with E-state index in [-0.39, 0.29) is 17.9 Å². The van der Waals surface area contributed by atoms with E-state index in [1.807, 2.05) is 72.3 Å². The molecule has 10 heteroatoms. The molecule has 0 bridgehead atoms. The van der Waals surface area contributed by atoms with Gasteiger partial charge in [0.15, 0.2) is 0 Å². The molecule has 0 aliphatic heterocycles. The summed E-state index contributed by atoms with van der Waals surface area (Å²) in [6, 6.07) is 26.0. The highest BCUT2D eigenvalue weighted by Crippen LogP contribution is 2.32. The van der Waals surface area contributed by atoms with Crippen molar-refractivity contribution in [3.8, 4) is 28.5 Å². The van der Waals surface area contributed by atoms with Gasteiger partial charge in [0, 0.05) is 23.3 Å². The number of hydrogen-bond acceptors (Lipinski definition) is 5. The van der Waals surface area contributed by atoms with Crippen LogP contribution in [0, 0.1) is 0 Å². The highest BCUT2D eigenvalue weighted by Gasteiger charge is 2.23. The fraction of sp³-hybridized carbons (Fsp3) is 0.171. The summed E-state index contributed by atoms with van der Waals surface area (Å²) in [7, 11) is 1.59. The zero-order valence-corrected chi connectivity index (χ0v) is 26.2. The van der Waals surface area contributed by atoms with Crippen LogP contribution >= 0.6 is 23.2 Å². The summed E-state index contributed by atoms with van der Waals surface area (Å²) in [6.07, 6.45) is 2.56. The number of nitrogens with zero attached hydrogens (tertiary/aromatic N) is 2. The van der Waals surface area contributed by atoms with Crippen molar-refractivity contribution in [2.45, 2.75) is 32.4 Å². The van der Waals surface area contributed by atoms with Crippen LogP contribution in [0.25, 0.3) is 11.3 Å². The van der Waals surface area contributed by atoms with Crippen LogP contribution in [0.4, 0.5) is 0 Å². The Balaban J connectivity index is 1.41. The van der Waals surface area contributed by atoms with Crippen LogP contribution in [0.1, 0.15) is 40.3 Å². The van der Waals surface area contributed by atoms with E-state index < -0.39 is 12.0 Å². The van der Waals surface area contributed by atoms with E-state index in [0.29, 0.717) is 51.8 Å². The Morgan fingerprint density at radius 2 is 1.62 bits per heavy atom. The van der Waals surface area contributed by atoms with Gasteiger partial charge in [-0.1, -0.05) is 47.5 Å². The van der Waals surface area contributed by atoms with E-state index in [1.54, 1.807) is 31.4 Å². The minimum absolute atomic E-state index is 0.158. The Morgan fingerprint density at radius 1 is 0.911 bits per heavy atom. The third-order valence-corrected chi connectivity index (χ3v) is 7.75. The highest BCUT2D eigenvalue weighted by atomic mass is 35.5. The van der Waals surface area contributed by atoms with Gasteiger partial charge in [-0.05, 0) is 91.2 Å². The number of carboxylic acid groups (broad SMARTS) is 1. The number of nitrogens with one attached hydrogen (secondary N) is 1. The van der Waals surface area contributed by atoms with Crippen molar-refractivity contribution in [1.82, 2.24) is 14.9 Å². The van der Waals surface area contributed by atoms with Gasteiger partial charge in [-0.3, -0.25) is 4.79 Å². The van der Waals surface area contributed by atoms with E-state index >= 15 is 0 Å². The maximum Gasteiger partial charge on any atom is 0.335 e. The molecule has 230 valence electrons. The van der Waals surface area contributed by atoms with Gasteiger partial charge < -0.3 is 24.5 Å². The van der Waals surface area contributed by atoms with Crippen LogP contribution in [-0.4, -0.2) is 33.6 Å². The summed E-state index contributed by atoms with van der Waals surface area (Å²) >= 11 is 12.7. The quantitative estimate of drug-likeness (QED) is 0.143. The van der Waals surface area contributed by atoms with Crippen molar-refractivity contribution in [3.63, 3.8) is 0 Å².